The van der Waals surface area contributed by atoms with Gasteiger partial charge in [0.25, 0.3) is 0 Å². The molecule has 0 atom stereocenters. The minimum absolute atomic E-state index is 0.322. The van der Waals surface area contributed by atoms with E-state index in [-0.39, 0.29) is 6.54 Å². The number of rotatable bonds is 9. The summed E-state index contributed by atoms with van der Waals surface area (Å²) < 4.78 is 35.8. The second kappa shape index (κ2) is 9.27. The van der Waals surface area contributed by atoms with Gasteiger partial charge in [0, 0.05) is 6.54 Å². The summed E-state index contributed by atoms with van der Waals surface area (Å²) in [6, 6.07) is 14.2. The Morgan fingerprint density at radius 3 is 2.48 bits per heavy atom. The molecule has 0 unspecified atom stereocenters. The number of para-hydroxylation sites is 2. The molecule has 8 heteroatoms. The van der Waals surface area contributed by atoms with Crippen LogP contribution in [0.5, 0.6) is 11.5 Å². The second-order valence-electron chi connectivity index (χ2n) is 5.89. The first-order valence-corrected chi connectivity index (χ1v) is 10.2. The van der Waals surface area contributed by atoms with Gasteiger partial charge in [-0.15, -0.1) is 0 Å². The third-order valence-corrected chi connectivity index (χ3v) is 5.04. The molecular weight excluding hydrogens is 368 g/mol. The molecular formula is C19H24N2O5S. The summed E-state index contributed by atoms with van der Waals surface area (Å²) >= 11 is 0. The van der Waals surface area contributed by atoms with Gasteiger partial charge < -0.3 is 14.8 Å². The zero-order chi connectivity index (χ0) is 19.9. The van der Waals surface area contributed by atoms with Crippen molar-refractivity contribution in [2.45, 2.75) is 6.42 Å². The van der Waals surface area contributed by atoms with E-state index in [2.05, 4.69) is 5.32 Å². The summed E-state index contributed by atoms with van der Waals surface area (Å²) in [5, 5.41) is 2.75. The molecule has 0 heterocycles. The van der Waals surface area contributed by atoms with E-state index in [1.54, 1.807) is 31.4 Å². The van der Waals surface area contributed by atoms with Crippen molar-refractivity contribution < 1.29 is 22.7 Å². The Morgan fingerprint density at radius 2 is 1.81 bits per heavy atom. The van der Waals surface area contributed by atoms with E-state index in [4.69, 9.17) is 9.47 Å². The van der Waals surface area contributed by atoms with Gasteiger partial charge in [-0.1, -0.05) is 24.3 Å². The van der Waals surface area contributed by atoms with Crippen LogP contribution in [-0.2, 0) is 21.2 Å². The maximum absolute atomic E-state index is 12.3. The first-order valence-electron chi connectivity index (χ1n) is 8.35. The molecule has 2 aromatic carbocycles. The number of anilines is 1. The zero-order valence-corrected chi connectivity index (χ0v) is 16.5. The molecule has 0 saturated carbocycles. The van der Waals surface area contributed by atoms with Crippen LogP contribution in [-0.4, -0.2) is 47.9 Å². The largest absolute Gasteiger partial charge is 0.497 e. The standard InChI is InChI=1S/C19H24N2O5S/c1-25-16-8-6-7-15(13-16)11-12-20-19(22)14-21(27(3,23)24)17-9-4-5-10-18(17)26-2/h4-10,13H,11-12,14H2,1-3H3,(H,20,22). The molecule has 0 bridgehead atoms. The highest BCUT2D eigenvalue weighted by atomic mass is 32.2. The van der Waals surface area contributed by atoms with Crippen molar-refractivity contribution in [3.63, 3.8) is 0 Å². The third kappa shape index (κ3) is 5.89. The number of benzene rings is 2. The number of amides is 1. The van der Waals surface area contributed by atoms with Gasteiger partial charge in [0.2, 0.25) is 15.9 Å². The summed E-state index contributed by atoms with van der Waals surface area (Å²) in [6.45, 7) is 0.0623. The van der Waals surface area contributed by atoms with Gasteiger partial charge in [0.05, 0.1) is 26.2 Å². The second-order valence-corrected chi connectivity index (χ2v) is 7.80. The number of sulfonamides is 1. The molecule has 1 amide bonds. The first-order chi connectivity index (χ1) is 12.8. The van der Waals surface area contributed by atoms with Crippen molar-refractivity contribution >= 4 is 21.6 Å². The maximum atomic E-state index is 12.3. The van der Waals surface area contributed by atoms with E-state index in [0.717, 1.165) is 21.9 Å². The van der Waals surface area contributed by atoms with E-state index in [1.807, 2.05) is 24.3 Å². The molecule has 2 rings (SSSR count). The summed E-state index contributed by atoms with van der Waals surface area (Å²) in [7, 11) is -0.608. The number of methoxy groups -OCH3 is 2. The van der Waals surface area contributed by atoms with Gasteiger partial charge in [-0.3, -0.25) is 9.10 Å². The van der Waals surface area contributed by atoms with Crippen LogP contribution in [0.1, 0.15) is 5.56 Å². The van der Waals surface area contributed by atoms with Crippen molar-refractivity contribution in [3.05, 3.63) is 54.1 Å². The predicted molar refractivity (Wildman–Crippen MR) is 105 cm³/mol. The van der Waals surface area contributed by atoms with Gasteiger partial charge in [-0.2, -0.15) is 0 Å². The Bertz CT molecular complexity index is 883. The fourth-order valence-corrected chi connectivity index (χ4v) is 3.44. The van der Waals surface area contributed by atoms with Crippen LogP contribution in [0.25, 0.3) is 0 Å². The minimum atomic E-state index is -3.66. The Hall–Kier alpha value is -2.74. The van der Waals surface area contributed by atoms with Crippen LogP contribution in [0.15, 0.2) is 48.5 Å². The number of nitrogens with one attached hydrogen (secondary N) is 1. The van der Waals surface area contributed by atoms with Crippen molar-refractivity contribution in [2.75, 3.05) is 37.9 Å². The number of hydrogen-bond acceptors (Lipinski definition) is 5. The fourth-order valence-electron chi connectivity index (χ4n) is 2.58. The quantitative estimate of drug-likeness (QED) is 0.704. The van der Waals surface area contributed by atoms with Crippen molar-refractivity contribution in [1.29, 1.82) is 0 Å². The summed E-state index contributed by atoms with van der Waals surface area (Å²) in [4.78, 5) is 12.3. The van der Waals surface area contributed by atoms with Crippen LogP contribution >= 0.6 is 0 Å². The highest BCUT2D eigenvalue weighted by Crippen LogP contribution is 2.29. The topological polar surface area (TPSA) is 84.9 Å². The summed E-state index contributed by atoms with van der Waals surface area (Å²) in [5.74, 6) is 0.736. The van der Waals surface area contributed by atoms with E-state index in [9.17, 15) is 13.2 Å². The Balaban J connectivity index is 2.02. The van der Waals surface area contributed by atoms with Gasteiger partial charge >= 0.3 is 0 Å². The molecule has 0 aromatic heterocycles. The highest BCUT2D eigenvalue weighted by molar-refractivity contribution is 7.92. The van der Waals surface area contributed by atoms with Gasteiger partial charge in [-0.05, 0) is 36.2 Å². The van der Waals surface area contributed by atoms with E-state index in [0.29, 0.717) is 24.4 Å². The molecule has 7 nitrogen and oxygen atoms in total. The lowest BCUT2D eigenvalue weighted by atomic mass is 10.1. The van der Waals surface area contributed by atoms with Crippen molar-refractivity contribution in [2.24, 2.45) is 0 Å². The number of ether oxygens (including phenoxy) is 2. The molecule has 0 aliphatic heterocycles. The van der Waals surface area contributed by atoms with Crippen LogP contribution < -0.4 is 19.1 Å². The number of carbonyl (C=O) groups is 1. The fraction of sp³-hybridized carbons (Fsp3) is 0.316. The normalized spacial score (nSPS) is 10.9. The van der Waals surface area contributed by atoms with Crippen LogP contribution in [0.2, 0.25) is 0 Å². The minimum Gasteiger partial charge on any atom is -0.497 e. The van der Waals surface area contributed by atoms with E-state index >= 15 is 0 Å². The lowest BCUT2D eigenvalue weighted by molar-refractivity contribution is -0.119. The molecule has 27 heavy (non-hydrogen) atoms. The highest BCUT2D eigenvalue weighted by Gasteiger charge is 2.23. The average Bonchev–Trinajstić information content (AvgIpc) is 2.65. The van der Waals surface area contributed by atoms with Crippen molar-refractivity contribution in [1.82, 2.24) is 5.32 Å². The molecule has 0 spiro atoms. The van der Waals surface area contributed by atoms with Gasteiger partial charge in [0.15, 0.2) is 0 Å². The van der Waals surface area contributed by atoms with E-state index in [1.165, 1.54) is 7.11 Å². The lowest BCUT2D eigenvalue weighted by Gasteiger charge is -2.23. The smallest absolute Gasteiger partial charge is 0.240 e. The third-order valence-electron chi connectivity index (χ3n) is 3.91. The van der Waals surface area contributed by atoms with Crippen LogP contribution in [0, 0.1) is 0 Å². The van der Waals surface area contributed by atoms with Gasteiger partial charge in [0.1, 0.15) is 18.0 Å². The molecule has 0 fully saturated rings. The average molecular weight is 392 g/mol. The van der Waals surface area contributed by atoms with Crippen LogP contribution in [0.4, 0.5) is 5.69 Å². The summed E-state index contributed by atoms with van der Waals surface area (Å²) in [5.41, 5.74) is 1.34. The Kier molecular flexibility index (Phi) is 7.06. The Labute approximate surface area is 160 Å². The zero-order valence-electron chi connectivity index (χ0n) is 15.6. The molecule has 0 aliphatic carbocycles. The SMILES string of the molecule is COc1cccc(CCNC(=O)CN(c2ccccc2OC)S(C)(=O)=O)c1. The van der Waals surface area contributed by atoms with Gasteiger partial charge in [-0.25, -0.2) is 8.42 Å². The number of nitrogens with zero attached hydrogens (tertiary/aromatic N) is 1. The predicted octanol–water partition coefficient (Wildman–Crippen LogP) is 1.83. The van der Waals surface area contributed by atoms with E-state index < -0.39 is 15.9 Å². The molecule has 0 radical (unpaired) electrons. The number of carbonyl (C=O) groups excluding carboxylic acids is 1. The van der Waals surface area contributed by atoms with Crippen molar-refractivity contribution in [3.8, 4) is 11.5 Å². The molecule has 2 aromatic rings. The molecule has 0 aliphatic rings. The monoisotopic (exact) mass is 392 g/mol. The summed E-state index contributed by atoms with van der Waals surface area (Å²) in [6.07, 6.45) is 1.67. The molecule has 146 valence electrons. The molecule has 0 saturated heterocycles. The van der Waals surface area contributed by atoms with Crippen LogP contribution in [0.3, 0.4) is 0 Å². The lowest BCUT2D eigenvalue weighted by Crippen LogP contribution is -2.41. The maximum Gasteiger partial charge on any atom is 0.240 e. The molecule has 1 N–H and O–H groups in total. The Morgan fingerprint density at radius 1 is 1.07 bits per heavy atom. The first kappa shape index (κ1) is 20.6. The number of hydrogen-bond donors (Lipinski definition) is 1.